The van der Waals surface area contributed by atoms with E-state index in [9.17, 15) is 0 Å². The van der Waals surface area contributed by atoms with Crippen molar-refractivity contribution in [2.45, 2.75) is 0 Å². The van der Waals surface area contributed by atoms with Crippen molar-refractivity contribution in [1.82, 2.24) is 14.8 Å². The minimum absolute atomic E-state index is 0.595. The first-order chi connectivity index (χ1) is 7.24. The van der Waals surface area contributed by atoms with Crippen molar-refractivity contribution >= 4 is 5.69 Å². The van der Waals surface area contributed by atoms with Gasteiger partial charge in [-0.3, -0.25) is 0 Å². The third-order valence-electron chi connectivity index (χ3n) is 2.20. The van der Waals surface area contributed by atoms with Crippen LogP contribution in [0.4, 0.5) is 5.69 Å². The number of nitrogen functional groups attached to an aromatic ring is 1. The maximum absolute atomic E-state index is 5.81. The maximum atomic E-state index is 5.81. The van der Waals surface area contributed by atoms with Gasteiger partial charge >= 0.3 is 0 Å². The monoisotopic (exact) mass is 204 g/mol. The average Bonchev–Trinajstić information content (AvgIpc) is 2.64. The predicted octanol–water partition coefficient (Wildman–Crippen LogP) is 1.07. The van der Waals surface area contributed by atoms with Gasteiger partial charge in [0.15, 0.2) is 11.6 Å². The van der Waals surface area contributed by atoms with Crippen molar-refractivity contribution in [3.05, 3.63) is 24.5 Å². The van der Waals surface area contributed by atoms with Crippen molar-refractivity contribution in [2.75, 3.05) is 12.8 Å². The van der Waals surface area contributed by atoms with Gasteiger partial charge in [0.1, 0.15) is 6.33 Å². The highest BCUT2D eigenvalue weighted by Crippen LogP contribution is 2.32. The van der Waals surface area contributed by atoms with E-state index < -0.39 is 0 Å². The lowest BCUT2D eigenvalue weighted by Crippen LogP contribution is -1.99. The van der Waals surface area contributed by atoms with Crippen LogP contribution >= 0.6 is 0 Å². The Kier molecular flexibility index (Phi) is 2.29. The molecule has 5 nitrogen and oxygen atoms in total. The molecular weight excluding hydrogens is 192 g/mol. The van der Waals surface area contributed by atoms with Crippen LogP contribution in [0.25, 0.3) is 11.4 Å². The van der Waals surface area contributed by atoms with Gasteiger partial charge in [-0.25, -0.2) is 9.67 Å². The Balaban J connectivity index is 2.63. The molecule has 78 valence electrons. The molecule has 0 aliphatic carbocycles. The number of anilines is 1. The van der Waals surface area contributed by atoms with Gasteiger partial charge < -0.3 is 10.5 Å². The van der Waals surface area contributed by atoms with Gasteiger partial charge in [0.25, 0.3) is 0 Å². The van der Waals surface area contributed by atoms with Gasteiger partial charge in [-0.2, -0.15) is 5.10 Å². The highest BCUT2D eigenvalue weighted by Gasteiger charge is 2.12. The molecule has 2 N–H and O–H groups in total. The summed E-state index contributed by atoms with van der Waals surface area (Å²) in [5.41, 5.74) is 7.25. The summed E-state index contributed by atoms with van der Waals surface area (Å²) < 4.78 is 6.93. The molecule has 0 unspecified atom stereocenters. The summed E-state index contributed by atoms with van der Waals surface area (Å²) >= 11 is 0. The minimum atomic E-state index is 0.595. The van der Waals surface area contributed by atoms with E-state index in [0.717, 1.165) is 11.4 Å². The van der Waals surface area contributed by atoms with Crippen LogP contribution in [0.5, 0.6) is 5.75 Å². The molecule has 0 atom stereocenters. The van der Waals surface area contributed by atoms with Crippen LogP contribution in [0.1, 0.15) is 0 Å². The number of nitrogens with zero attached hydrogens (tertiary/aromatic N) is 3. The molecule has 0 aliphatic heterocycles. The Morgan fingerprint density at radius 2 is 2.20 bits per heavy atom. The number of ether oxygens (including phenoxy) is 1. The Morgan fingerprint density at radius 1 is 1.40 bits per heavy atom. The highest BCUT2D eigenvalue weighted by molar-refractivity contribution is 5.73. The van der Waals surface area contributed by atoms with Crippen molar-refractivity contribution in [3.63, 3.8) is 0 Å². The van der Waals surface area contributed by atoms with Crippen LogP contribution in [0.15, 0.2) is 24.5 Å². The lowest BCUT2D eigenvalue weighted by molar-refractivity contribution is 0.418. The van der Waals surface area contributed by atoms with Crippen LogP contribution in [-0.4, -0.2) is 21.9 Å². The Labute approximate surface area is 87.5 Å². The zero-order chi connectivity index (χ0) is 10.8. The van der Waals surface area contributed by atoms with E-state index >= 15 is 0 Å². The standard InChI is InChI=1S/C10H12N4O/c1-14-10(12-6-13-14)7-4-3-5-8(11)9(7)15-2/h3-6H,11H2,1-2H3. The zero-order valence-electron chi connectivity index (χ0n) is 8.64. The quantitative estimate of drug-likeness (QED) is 0.743. The molecule has 1 heterocycles. The van der Waals surface area contributed by atoms with Crippen LogP contribution in [0.2, 0.25) is 0 Å². The molecular formula is C10H12N4O. The third-order valence-corrected chi connectivity index (χ3v) is 2.20. The lowest BCUT2D eigenvalue weighted by Gasteiger charge is -2.09. The summed E-state index contributed by atoms with van der Waals surface area (Å²) in [5.74, 6) is 1.37. The van der Waals surface area contributed by atoms with Gasteiger partial charge in [-0.15, -0.1) is 0 Å². The predicted molar refractivity (Wildman–Crippen MR) is 57.4 cm³/mol. The van der Waals surface area contributed by atoms with E-state index in [1.165, 1.54) is 6.33 Å². The number of rotatable bonds is 2. The van der Waals surface area contributed by atoms with Gasteiger partial charge in [0.05, 0.1) is 18.4 Å². The second kappa shape index (κ2) is 3.61. The molecule has 15 heavy (non-hydrogen) atoms. The Hall–Kier alpha value is -2.04. The second-order valence-corrected chi connectivity index (χ2v) is 3.14. The average molecular weight is 204 g/mol. The molecule has 0 saturated heterocycles. The van der Waals surface area contributed by atoms with Crippen molar-refractivity contribution in [2.24, 2.45) is 7.05 Å². The fourth-order valence-electron chi connectivity index (χ4n) is 1.50. The third kappa shape index (κ3) is 1.52. The topological polar surface area (TPSA) is 66.0 Å². The van der Waals surface area contributed by atoms with Crippen molar-refractivity contribution < 1.29 is 4.74 Å². The number of aromatic nitrogens is 3. The van der Waals surface area contributed by atoms with E-state index in [-0.39, 0.29) is 0 Å². The second-order valence-electron chi connectivity index (χ2n) is 3.14. The summed E-state index contributed by atoms with van der Waals surface area (Å²) in [6.07, 6.45) is 1.50. The van der Waals surface area contributed by atoms with E-state index in [1.54, 1.807) is 17.9 Å². The van der Waals surface area contributed by atoms with E-state index in [0.29, 0.717) is 11.4 Å². The first-order valence-electron chi connectivity index (χ1n) is 4.51. The molecule has 1 aromatic carbocycles. The van der Waals surface area contributed by atoms with Crippen molar-refractivity contribution in [1.29, 1.82) is 0 Å². The van der Waals surface area contributed by atoms with Gasteiger partial charge in [0, 0.05) is 7.05 Å². The van der Waals surface area contributed by atoms with Crippen LogP contribution in [0, 0.1) is 0 Å². The molecule has 1 aromatic heterocycles. The highest BCUT2D eigenvalue weighted by atomic mass is 16.5. The molecule has 2 rings (SSSR count). The number of aryl methyl sites for hydroxylation is 1. The smallest absolute Gasteiger partial charge is 0.161 e. The van der Waals surface area contributed by atoms with E-state index in [2.05, 4.69) is 10.1 Å². The SMILES string of the molecule is COc1c(N)cccc1-c1ncnn1C. The molecule has 5 heteroatoms. The largest absolute Gasteiger partial charge is 0.494 e. The number of hydrogen-bond donors (Lipinski definition) is 1. The summed E-state index contributed by atoms with van der Waals surface area (Å²) in [7, 11) is 3.41. The minimum Gasteiger partial charge on any atom is -0.494 e. The molecule has 0 spiro atoms. The van der Waals surface area contributed by atoms with Crippen LogP contribution in [0.3, 0.4) is 0 Å². The molecule has 0 saturated carbocycles. The van der Waals surface area contributed by atoms with Gasteiger partial charge in [-0.1, -0.05) is 6.07 Å². The van der Waals surface area contributed by atoms with Crippen LogP contribution < -0.4 is 10.5 Å². The first-order valence-corrected chi connectivity index (χ1v) is 4.51. The molecule has 0 radical (unpaired) electrons. The summed E-state index contributed by atoms with van der Waals surface area (Å²) in [4.78, 5) is 4.15. The molecule has 0 amide bonds. The maximum Gasteiger partial charge on any atom is 0.161 e. The van der Waals surface area contributed by atoms with Crippen molar-refractivity contribution in [3.8, 4) is 17.1 Å². The number of methoxy groups -OCH3 is 1. The van der Waals surface area contributed by atoms with E-state index in [1.807, 2.05) is 19.2 Å². The van der Waals surface area contributed by atoms with Crippen LogP contribution in [-0.2, 0) is 7.05 Å². The fourth-order valence-corrected chi connectivity index (χ4v) is 1.50. The fraction of sp³-hybridized carbons (Fsp3) is 0.200. The van der Waals surface area contributed by atoms with Gasteiger partial charge in [0.2, 0.25) is 0 Å². The molecule has 2 aromatic rings. The number of hydrogen-bond acceptors (Lipinski definition) is 4. The summed E-state index contributed by atoms with van der Waals surface area (Å²) in [6.45, 7) is 0. The molecule has 0 aliphatic rings. The molecule has 0 fully saturated rings. The zero-order valence-corrected chi connectivity index (χ0v) is 8.64. The Morgan fingerprint density at radius 3 is 2.80 bits per heavy atom. The Bertz CT molecular complexity index is 478. The normalized spacial score (nSPS) is 10.3. The van der Waals surface area contributed by atoms with Gasteiger partial charge in [-0.05, 0) is 12.1 Å². The summed E-state index contributed by atoms with van der Waals surface area (Å²) in [6, 6.07) is 5.56. The lowest BCUT2D eigenvalue weighted by atomic mass is 10.1. The summed E-state index contributed by atoms with van der Waals surface area (Å²) in [5, 5.41) is 4.01. The first kappa shape index (κ1) is 9.51. The number of para-hydroxylation sites is 1. The number of nitrogens with two attached hydrogens (primary N) is 1. The molecule has 0 bridgehead atoms. The van der Waals surface area contributed by atoms with E-state index in [4.69, 9.17) is 10.5 Å². The number of benzene rings is 1.